The summed E-state index contributed by atoms with van der Waals surface area (Å²) in [7, 11) is 0. The Hall–Kier alpha value is -1.09. The molecule has 0 unspecified atom stereocenters. The largest absolute Gasteiger partial charge is 0.285 e. The molecule has 0 spiro atoms. The average molecular weight is 294 g/mol. The van der Waals surface area contributed by atoms with E-state index in [1.54, 1.807) is 11.9 Å². The van der Waals surface area contributed by atoms with Gasteiger partial charge in [-0.1, -0.05) is 47.5 Å². The summed E-state index contributed by atoms with van der Waals surface area (Å²) in [5.74, 6) is 0. The summed E-state index contributed by atoms with van der Waals surface area (Å²) in [4.78, 5) is 1.16. The summed E-state index contributed by atoms with van der Waals surface area (Å²) in [5.41, 5.74) is 0.956. The maximum absolute atomic E-state index is 6.27. The highest BCUT2D eigenvalue weighted by Gasteiger charge is 2.09. The molecule has 1 heterocycles. The molecule has 0 N–H and O–H groups in total. The SMILES string of the molecule is Clc1ccc2ccn(Sc3ccccc3)c2c1Cl. The minimum Gasteiger partial charge on any atom is -0.285 e. The minimum atomic E-state index is 0.581. The first-order valence-electron chi connectivity index (χ1n) is 5.44. The van der Waals surface area contributed by atoms with Gasteiger partial charge >= 0.3 is 0 Å². The molecule has 0 bridgehead atoms. The summed E-state index contributed by atoms with van der Waals surface area (Å²) in [6.07, 6.45) is 2.00. The van der Waals surface area contributed by atoms with Crippen LogP contribution in [0.25, 0.3) is 10.9 Å². The van der Waals surface area contributed by atoms with Crippen molar-refractivity contribution >= 4 is 46.1 Å². The van der Waals surface area contributed by atoms with E-state index in [9.17, 15) is 0 Å². The molecular formula is C14H9Cl2NS. The summed E-state index contributed by atoms with van der Waals surface area (Å²) in [6, 6.07) is 16.0. The van der Waals surface area contributed by atoms with Gasteiger partial charge in [-0.25, -0.2) is 0 Å². The van der Waals surface area contributed by atoms with E-state index in [2.05, 4.69) is 12.1 Å². The topological polar surface area (TPSA) is 4.93 Å². The smallest absolute Gasteiger partial charge is 0.0844 e. The second-order valence-corrected chi connectivity index (χ2v) is 5.68. The molecule has 2 aromatic carbocycles. The Labute approximate surface area is 119 Å². The second-order valence-electron chi connectivity index (χ2n) is 3.85. The van der Waals surface area contributed by atoms with Crippen LogP contribution in [0.4, 0.5) is 0 Å². The molecule has 0 aliphatic carbocycles. The summed E-state index contributed by atoms with van der Waals surface area (Å²) < 4.78 is 2.04. The van der Waals surface area contributed by atoms with Crippen molar-refractivity contribution in [2.75, 3.05) is 0 Å². The average Bonchev–Trinajstić information content (AvgIpc) is 2.79. The number of hydrogen-bond donors (Lipinski definition) is 0. The van der Waals surface area contributed by atoms with Crippen LogP contribution in [-0.2, 0) is 0 Å². The molecular weight excluding hydrogens is 285 g/mol. The third kappa shape index (κ3) is 2.12. The predicted octanol–water partition coefficient (Wildman–Crippen LogP) is 5.50. The highest BCUT2D eigenvalue weighted by molar-refractivity contribution is 7.98. The molecule has 0 aliphatic heterocycles. The van der Waals surface area contributed by atoms with E-state index in [1.807, 2.05) is 46.6 Å². The summed E-state index contributed by atoms with van der Waals surface area (Å²) >= 11 is 14.0. The molecule has 3 rings (SSSR count). The number of fused-ring (bicyclic) bond motifs is 1. The first-order chi connectivity index (χ1) is 8.75. The van der Waals surface area contributed by atoms with Crippen molar-refractivity contribution in [1.29, 1.82) is 0 Å². The maximum atomic E-state index is 6.27. The lowest BCUT2D eigenvalue weighted by atomic mass is 10.2. The molecule has 3 aromatic rings. The first kappa shape index (κ1) is 12.0. The number of halogens is 2. The summed E-state index contributed by atoms with van der Waals surface area (Å²) in [5, 5.41) is 2.27. The van der Waals surface area contributed by atoms with Crippen molar-refractivity contribution in [2.45, 2.75) is 4.90 Å². The molecule has 90 valence electrons. The van der Waals surface area contributed by atoms with Gasteiger partial charge in [0.2, 0.25) is 0 Å². The lowest BCUT2D eigenvalue weighted by molar-refractivity contribution is 1.32. The minimum absolute atomic E-state index is 0.581. The molecule has 0 saturated heterocycles. The van der Waals surface area contributed by atoms with Crippen molar-refractivity contribution in [3.8, 4) is 0 Å². The first-order valence-corrected chi connectivity index (χ1v) is 6.97. The van der Waals surface area contributed by atoms with E-state index in [4.69, 9.17) is 23.2 Å². The molecule has 0 aliphatic rings. The molecule has 0 amide bonds. The van der Waals surface area contributed by atoms with E-state index < -0.39 is 0 Å². The van der Waals surface area contributed by atoms with E-state index in [-0.39, 0.29) is 0 Å². The molecule has 1 aromatic heterocycles. The Morgan fingerprint density at radius 1 is 0.889 bits per heavy atom. The number of rotatable bonds is 2. The van der Waals surface area contributed by atoms with Crippen LogP contribution in [0, 0.1) is 0 Å². The van der Waals surface area contributed by atoms with Crippen LogP contribution in [0.3, 0.4) is 0 Å². The van der Waals surface area contributed by atoms with Gasteiger partial charge in [0.05, 0.1) is 15.6 Å². The monoisotopic (exact) mass is 293 g/mol. The van der Waals surface area contributed by atoms with E-state index in [0.717, 1.165) is 15.8 Å². The Morgan fingerprint density at radius 2 is 1.67 bits per heavy atom. The van der Waals surface area contributed by atoms with Crippen LogP contribution in [0.1, 0.15) is 0 Å². The van der Waals surface area contributed by atoms with Crippen molar-refractivity contribution < 1.29 is 0 Å². The molecule has 0 atom stereocenters. The van der Waals surface area contributed by atoms with Crippen LogP contribution in [0.2, 0.25) is 10.0 Å². The fourth-order valence-corrected chi connectivity index (χ4v) is 3.19. The number of aromatic nitrogens is 1. The van der Waals surface area contributed by atoms with Crippen molar-refractivity contribution in [3.05, 3.63) is 64.8 Å². The Morgan fingerprint density at radius 3 is 2.44 bits per heavy atom. The Balaban J connectivity index is 2.10. The molecule has 0 fully saturated rings. The third-order valence-corrected chi connectivity index (χ3v) is 4.44. The highest BCUT2D eigenvalue weighted by Crippen LogP contribution is 2.35. The summed E-state index contributed by atoms with van der Waals surface area (Å²) in [6.45, 7) is 0. The Bertz CT molecular complexity index is 692. The maximum Gasteiger partial charge on any atom is 0.0844 e. The highest BCUT2D eigenvalue weighted by atomic mass is 35.5. The van der Waals surface area contributed by atoms with Crippen LogP contribution >= 0.6 is 35.1 Å². The van der Waals surface area contributed by atoms with Gasteiger partial charge in [-0.05, 0) is 36.2 Å². The third-order valence-electron chi connectivity index (χ3n) is 2.66. The van der Waals surface area contributed by atoms with Gasteiger partial charge in [0, 0.05) is 16.5 Å². The normalized spacial score (nSPS) is 11.0. The van der Waals surface area contributed by atoms with Gasteiger partial charge in [0.25, 0.3) is 0 Å². The quantitative estimate of drug-likeness (QED) is 0.604. The zero-order valence-corrected chi connectivity index (χ0v) is 11.6. The zero-order chi connectivity index (χ0) is 12.5. The lowest BCUT2D eigenvalue weighted by Gasteiger charge is -2.06. The lowest BCUT2D eigenvalue weighted by Crippen LogP contribution is -1.85. The van der Waals surface area contributed by atoms with E-state index in [1.165, 1.54) is 0 Å². The van der Waals surface area contributed by atoms with Crippen LogP contribution in [-0.4, -0.2) is 3.97 Å². The van der Waals surface area contributed by atoms with Gasteiger partial charge in [-0.2, -0.15) is 0 Å². The number of hydrogen-bond acceptors (Lipinski definition) is 1. The van der Waals surface area contributed by atoms with Crippen molar-refractivity contribution in [3.63, 3.8) is 0 Å². The van der Waals surface area contributed by atoms with Gasteiger partial charge in [-0.15, -0.1) is 0 Å². The molecule has 0 radical (unpaired) electrons. The molecule has 4 heteroatoms. The fraction of sp³-hybridized carbons (Fsp3) is 0. The predicted molar refractivity (Wildman–Crippen MR) is 79.7 cm³/mol. The Kier molecular flexibility index (Phi) is 3.25. The van der Waals surface area contributed by atoms with Gasteiger partial charge in [-0.3, -0.25) is 3.97 Å². The molecule has 0 saturated carbocycles. The van der Waals surface area contributed by atoms with Crippen LogP contribution < -0.4 is 0 Å². The number of nitrogens with zero attached hydrogens (tertiary/aromatic N) is 1. The van der Waals surface area contributed by atoms with Crippen molar-refractivity contribution in [2.24, 2.45) is 0 Å². The van der Waals surface area contributed by atoms with Crippen LogP contribution in [0.15, 0.2) is 59.6 Å². The molecule has 18 heavy (non-hydrogen) atoms. The van der Waals surface area contributed by atoms with Gasteiger partial charge in [0.1, 0.15) is 0 Å². The standard InChI is InChI=1S/C14H9Cl2NS/c15-12-7-6-10-8-9-17(14(10)13(12)16)18-11-4-2-1-3-5-11/h1-9H. The fourth-order valence-electron chi connectivity index (χ4n) is 1.81. The van der Waals surface area contributed by atoms with Gasteiger partial charge in [0.15, 0.2) is 0 Å². The second kappa shape index (κ2) is 4.88. The van der Waals surface area contributed by atoms with E-state index in [0.29, 0.717) is 10.0 Å². The van der Waals surface area contributed by atoms with Gasteiger partial charge < -0.3 is 0 Å². The molecule has 1 nitrogen and oxygen atoms in total. The van der Waals surface area contributed by atoms with E-state index >= 15 is 0 Å². The zero-order valence-electron chi connectivity index (χ0n) is 9.31. The number of benzene rings is 2. The van der Waals surface area contributed by atoms with Crippen molar-refractivity contribution in [1.82, 2.24) is 3.97 Å². The van der Waals surface area contributed by atoms with Crippen LogP contribution in [0.5, 0.6) is 0 Å².